The highest BCUT2D eigenvalue weighted by molar-refractivity contribution is 7.71. The summed E-state index contributed by atoms with van der Waals surface area (Å²) in [6.07, 6.45) is 3.43. The number of nitrogens with zero attached hydrogens (tertiary/aromatic N) is 3. The largest absolute Gasteiger partial charge is 0.461 e. The molecule has 1 N–H and O–H groups in total. The van der Waals surface area contributed by atoms with Crippen LogP contribution in [-0.4, -0.2) is 21.1 Å². The van der Waals surface area contributed by atoms with Gasteiger partial charge in [0.2, 0.25) is 10.6 Å². The van der Waals surface area contributed by atoms with Gasteiger partial charge in [-0.05, 0) is 52.0 Å². The van der Waals surface area contributed by atoms with E-state index in [2.05, 4.69) is 45.6 Å². The number of furan rings is 1. The molecule has 0 unspecified atom stereocenters. The van der Waals surface area contributed by atoms with Crippen LogP contribution >= 0.6 is 12.2 Å². The number of rotatable bonds is 3. The van der Waals surface area contributed by atoms with Gasteiger partial charge < -0.3 is 4.42 Å². The van der Waals surface area contributed by atoms with Crippen LogP contribution in [0.25, 0.3) is 33.1 Å². The summed E-state index contributed by atoms with van der Waals surface area (Å²) in [6, 6.07) is 22.4. The van der Waals surface area contributed by atoms with Gasteiger partial charge in [-0.2, -0.15) is 9.78 Å². The number of aromatic amines is 1. The van der Waals surface area contributed by atoms with Gasteiger partial charge in [0.1, 0.15) is 0 Å². The first-order valence-corrected chi connectivity index (χ1v) is 8.88. The van der Waals surface area contributed by atoms with Crippen LogP contribution in [0, 0.1) is 4.77 Å². The molecule has 0 aliphatic heterocycles. The van der Waals surface area contributed by atoms with Gasteiger partial charge >= 0.3 is 0 Å². The summed E-state index contributed by atoms with van der Waals surface area (Å²) in [5, 5.41) is 16.2. The molecule has 0 spiro atoms. The molecule has 130 valence electrons. The number of aromatic nitrogens is 3. The second-order valence-corrected chi connectivity index (χ2v) is 6.51. The summed E-state index contributed by atoms with van der Waals surface area (Å²) < 4.78 is 7.42. The summed E-state index contributed by atoms with van der Waals surface area (Å²) in [4.78, 5) is 0. The fraction of sp³-hybridized carbons (Fsp3) is 0. The zero-order valence-electron chi connectivity index (χ0n) is 14.2. The Bertz CT molecular complexity index is 1290. The molecule has 5 nitrogen and oxygen atoms in total. The first-order chi connectivity index (χ1) is 13.3. The monoisotopic (exact) mass is 370 g/mol. The van der Waals surface area contributed by atoms with Crippen molar-refractivity contribution in [3.63, 3.8) is 0 Å². The first kappa shape index (κ1) is 15.7. The Balaban J connectivity index is 1.74. The molecule has 6 heteroatoms. The van der Waals surface area contributed by atoms with Crippen LogP contribution in [0.2, 0.25) is 0 Å². The molecule has 0 aliphatic rings. The Labute approximate surface area is 159 Å². The highest BCUT2D eigenvalue weighted by Gasteiger charge is 2.11. The number of nitrogens with one attached hydrogen (secondary N) is 1. The summed E-state index contributed by atoms with van der Waals surface area (Å²) in [7, 11) is 0. The molecule has 3 aromatic carbocycles. The van der Waals surface area contributed by atoms with Gasteiger partial charge in [0.25, 0.3) is 0 Å². The number of fused-ring (bicyclic) bond motifs is 2. The summed E-state index contributed by atoms with van der Waals surface area (Å²) in [5.74, 6) is 1.13. The molecule has 0 radical (unpaired) electrons. The van der Waals surface area contributed by atoms with Crippen molar-refractivity contribution in [2.75, 3.05) is 0 Å². The lowest BCUT2D eigenvalue weighted by atomic mass is 9.97. The number of H-pyrrole nitrogens is 1. The SMILES string of the molecule is S=c1[nH]nc(-c2ccco2)n1N=Cc1c2ccccc2cc2ccccc12. The van der Waals surface area contributed by atoms with Crippen molar-refractivity contribution in [2.45, 2.75) is 0 Å². The molecule has 27 heavy (non-hydrogen) atoms. The van der Waals surface area contributed by atoms with Gasteiger partial charge in [-0.15, -0.1) is 5.10 Å². The van der Waals surface area contributed by atoms with Crippen LogP contribution in [-0.2, 0) is 0 Å². The van der Waals surface area contributed by atoms with Crippen LogP contribution in [0.4, 0.5) is 0 Å². The zero-order valence-corrected chi connectivity index (χ0v) is 15.0. The summed E-state index contributed by atoms with van der Waals surface area (Å²) >= 11 is 5.34. The third kappa shape index (κ3) is 2.67. The minimum atomic E-state index is 0.405. The second kappa shape index (κ2) is 6.34. The number of hydrogen-bond acceptors (Lipinski definition) is 4. The second-order valence-electron chi connectivity index (χ2n) is 6.12. The van der Waals surface area contributed by atoms with Crippen LogP contribution in [0.15, 0.2) is 82.5 Å². The van der Waals surface area contributed by atoms with Crippen molar-refractivity contribution in [2.24, 2.45) is 5.10 Å². The Kier molecular flexibility index (Phi) is 3.69. The van der Waals surface area contributed by atoms with Crippen LogP contribution in [0.3, 0.4) is 0 Å². The lowest BCUT2D eigenvalue weighted by Gasteiger charge is -2.08. The Morgan fingerprint density at radius 3 is 2.33 bits per heavy atom. The lowest BCUT2D eigenvalue weighted by molar-refractivity contribution is 0.573. The Hall–Kier alpha value is -3.51. The Morgan fingerprint density at radius 2 is 1.67 bits per heavy atom. The average Bonchev–Trinajstić information content (AvgIpc) is 3.35. The quantitative estimate of drug-likeness (QED) is 0.263. The van der Waals surface area contributed by atoms with E-state index in [-0.39, 0.29) is 0 Å². The molecular formula is C21H14N4OS. The molecule has 0 aliphatic carbocycles. The van der Waals surface area contributed by atoms with Crippen molar-refractivity contribution in [3.8, 4) is 11.6 Å². The van der Waals surface area contributed by atoms with E-state index in [0.29, 0.717) is 16.4 Å². The van der Waals surface area contributed by atoms with Gasteiger partial charge in [0, 0.05) is 5.56 Å². The van der Waals surface area contributed by atoms with E-state index in [1.165, 1.54) is 10.8 Å². The van der Waals surface area contributed by atoms with E-state index in [4.69, 9.17) is 16.6 Å². The highest BCUT2D eigenvalue weighted by Crippen LogP contribution is 2.27. The summed E-state index contributed by atoms with van der Waals surface area (Å²) in [5.41, 5.74) is 1.04. The molecule has 5 rings (SSSR count). The maximum atomic E-state index is 5.44. The molecule has 0 atom stereocenters. The molecule has 0 fully saturated rings. The van der Waals surface area contributed by atoms with Crippen LogP contribution in [0.1, 0.15) is 5.56 Å². The third-order valence-corrected chi connectivity index (χ3v) is 4.77. The van der Waals surface area contributed by atoms with Crippen LogP contribution in [0.5, 0.6) is 0 Å². The normalized spacial score (nSPS) is 11.7. The van der Waals surface area contributed by atoms with E-state index in [1.807, 2.05) is 36.5 Å². The van der Waals surface area contributed by atoms with Gasteiger partial charge in [-0.25, -0.2) is 5.10 Å². The molecule has 5 aromatic rings. The molecule has 2 heterocycles. The average molecular weight is 370 g/mol. The Morgan fingerprint density at radius 1 is 0.963 bits per heavy atom. The maximum absolute atomic E-state index is 5.44. The zero-order chi connectivity index (χ0) is 18.2. The first-order valence-electron chi connectivity index (χ1n) is 8.47. The smallest absolute Gasteiger partial charge is 0.219 e. The van der Waals surface area contributed by atoms with Crippen molar-refractivity contribution < 1.29 is 4.42 Å². The maximum Gasteiger partial charge on any atom is 0.219 e. The topological polar surface area (TPSA) is 59.1 Å². The van der Waals surface area contributed by atoms with Gasteiger partial charge in [0.15, 0.2) is 5.76 Å². The van der Waals surface area contributed by atoms with Crippen molar-refractivity contribution in [1.82, 2.24) is 14.9 Å². The predicted molar refractivity (Wildman–Crippen MR) is 110 cm³/mol. The summed E-state index contributed by atoms with van der Waals surface area (Å²) in [6.45, 7) is 0. The lowest BCUT2D eigenvalue weighted by Crippen LogP contribution is -1.95. The van der Waals surface area contributed by atoms with Crippen molar-refractivity contribution >= 4 is 40.0 Å². The molecule has 0 amide bonds. The number of hydrogen-bond donors (Lipinski definition) is 1. The van der Waals surface area contributed by atoms with Crippen LogP contribution < -0.4 is 0 Å². The number of benzene rings is 3. The van der Waals surface area contributed by atoms with Gasteiger partial charge in [0.05, 0.1) is 12.5 Å². The highest BCUT2D eigenvalue weighted by atomic mass is 32.1. The van der Waals surface area contributed by atoms with E-state index in [9.17, 15) is 0 Å². The predicted octanol–water partition coefficient (Wildman–Crippen LogP) is 5.39. The fourth-order valence-electron chi connectivity index (χ4n) is 3.27. The molecular weight excluding hydrogens is 356 g/mol. The molecule has 0 bridgehead atoms. The molecule has 2 aromatic heterocycles. The van der Waals surface area contributed by atoms with E-state index >= 15 is 0 Å². The minimum absolute atomic E-state index is 0.405. The molecule has 0 saturated heterocycles. The standard InChI is InChI=1S/C21H14N4OS/c27-21-24-23-20(19-10-5-11-26-19)25(21)22-13-18-16-8-3-1-6-14(16)12-15-7-2-4-9-17(15)18/h1-13H,(H,24,27). The van der Waals surface area contributed by atoms with E-state index in [0.717, 1.165) is 16.3 Å². The minimum Gasteiger partial charge on any atom is -0.461 e. The van der Waals surface area contributed by atoms with Gasteiger partial charge in [-0.1, -0.05) is 48.5 Å². The fourth-order valence-corrected chi connectivity index (χ4v) is 3.45. The van der Waals surface area contributed by atoms with Crippen molar-refractivity contribution in [3.05, 3.63) is 83.3 Å². The molecule has 0 saturated carbocycles. The third-order valence-electron chi connectivity index (χ3n) is 4.51. The van der Waals surface area contributed by atoms with Gasteiger partial charge in [-0.3, -0.25) is 0 Å². The van der Waals surface area contributed by atoms with Crippen molar-refractivity contribution in [1.29, 1.82) is 0 Å². The van der Waals surface area contributed by atoms with E-state index in [1.54, 1.807) is 17.0 Å². The van der Waals surface area contributed by atoms with E-state index < -0.39 is 0 Å².